The van der Waals surface area contributed by atoms with Crippen LogP contribution in [0.15, 0.2) is 34.5 Å². The first-order valence-electron chi connectivity index (χ1n) is 9.69. The molecule has 0 N–H and O–H groups in total. The van der Waals surface area contributed by atoms with Crippen molar-refractivity contribution in [2.24, 2.45) is 4.99 Å². The fourth-order valence-corrected chi connectivity index (χ4v) is 4.42. The number of ether oxygens (including phenoxy) is 3. The molecular weight excluding hydrogens is 408 g/mol. The second-order valence-electron chi connectivity index (χ2n) is 6.72. The molecule has 0 aromatic heterocycles. The number of hydrogen-bond acceptors (Lipinski definition) is 8. The van der Waals surface area contributed by atoms with Gasteiger partial charge in [-0.25, -0.2) is 9.79 Å². The molecule has 2 atom stereocenters. The number of benzene rings is 1. The van der Waals surface area contributed by atoms with Gasteiger partial charge in [0.2, 0.25) is 5.91 Å². The number of amidine groups is 1. The van der Waals surface area contributed by atoms with Crippen LogP contribution < -0.4 is 9.47 Å². The van der Waals surface area contributed by atoms with E-state index in [0.717, 1.165) is 0 Å². The number of carbonyl (C=O) groups is 3. The van der Waals surface area contributed by atoms with Gasteiger partial charge < -0.3 is 14.2 Å². The number of rotatable bonds is 6. The highest BCUT2D eigenvalue weighted by Crippen LogP contribution is 2.44. The molecule has 1 saturated heterocycles. The predicted molar refractivity (Wildman–Crippen MR) is 112 cm³/mol. The van der Waals surface area contributed by atoms with E-state index in [1.807, 2.05) is 6.92 Å². The lowest BCUT2D eigenvalue weighted by atomic mass is 9.94. The van der Waals surface area contributed by atoms with Gasteiger partial charge in [0.25, 0.3) is 0 Å². The third-order valence-electron chi connectivity index (χ3n) is 4.59. The molecule has 2 aliphatic heterocycles. The molecule has 30 heavy (non-hydrogen) atoms. The van der Waals surface area contributed by atoms with Crippen LogP contribution in [-0.4, -0.2) is 46.4 Å². The van der Waals surface area contributed by atoms with Crippen molar-refractivity contribution in [1.82, 2.24) is 4.90 Å². The fraction of sp³-hybridized carbons (Fsp3) is 0.429. The van der Waals surface area contributed by atoms with E-state index in [2.05, 4.69) is 4.99 Å². The van der Waals surface area contributed by atoms with Crippen LogP contribution in [0.5, 0.6) is 11.5 Å². The van der Waals surface area contributed by atoms with Crippen molar-refractivity contribution in [3.05, 3.63) is 35.0 Å². The third kappa shape index (κ3) is 4.07. The molecule has 0 radical (unpaired) electrons. The minimum absolute atomic E-state index is 0.139. The summed E-state index contributed by atoms with van der Waals surface area (Å²) >= 11 is 1.35. The maximum absolute atomic E-state index is 12.9. The van der Waals surface area contributed by atoms with Crippen LogP contribution in [-0.2, 0) is 19.1 Å². The van der Waals surface area contributed by atoms with E-state index in [-0.39, 0.29) is 23.5 Å². The molecular formula is C21H24N2O6S. The molecule has 1 fully saturated rings. The fourth-order valence-electron chi connectivity index (χ4n) is 3.39. The quantitative estimate of drug-likeness (QED) is 0.503. The summed E-state index contributed by atoms with van der Waals surface area (Å²) in [5.41, 5.74) is 1.43. The topological polar surface area (TPSA) is 94.5 Å². The Bertz CT molecular complexity index is 955. The van der Waals surface area contributed by atoms with Gasteiger partial charge in [0.15, 0.2) is 16.7 Å². The lowest BCUT2D eigenvalue weighted by molar-refractivity contribution is -0.139. The second kappa shape index (κ2) is 8.91. The minimum atomic E-state index is -0.716. The average molecular weight is 432 g/mol. The van der Waals surface area contributed by atoms with Crippen molar-refractivity contribution in [2.75, 3.05) is 13.2 Å². The van der Waals surface area contributed by atoms with E-state index in [1.54, 1.807) is 39.0 Å². The average Bonchev–Trinajstić information content (AvgIpc) is 2.95. The van der Waals surface area contributed by atoms with Gasteiger partial charge in [0.1, 0.15) is 0 Å². The van der Waals surface area contributed by atoms with E-state index in [9.17, 15) is 14.4 Å². The van der Waals surface area contributed by atoms with E-state index in [4.69, 9.17) is 14.2 Å². The van der Waals surface area contributed by atoms with Crippen molar-refractivity contribution < 1.29 is 28.6 Å². The van der Waals surface area contributed by atoms with E-state index in [0.29, 0.717) is 34.4 Å². The summed E-state index contributed by atoms with van der Waals surface area (Å²) in [6, 6.07) is 4.28. The van der Waals surface area contributed by atoms with Crippen molar-refractivity contribution in [2.45, 2.75) is 45.9 Å². The Morgan fingerprint density at radius 1 is 1.20 bits per heavy atom. The maximum atomic E-state index is 12.9. The summed E-state index contributed by atoms with van der Waals surface area (Å²) in [6.07, 6.45) is 0. The first kappa shape index (κ1) is 21.9. The molecule has 0 aliphatic carbocycles. The lowest BCUT2D eigenvalue weighted by Gasteiger charge is -2.33. The number of hydrogen-bond donors (Lipinski definition) is 0. The number of amides is 1. The molecule has 0 spiro atoms. The van der Waals surface area contributed by atoms with E-state index >= 15 is 0 Å². The van der Waals surface area contributed by atoms with Crippen LogP contribution >= 0.6 is 11.8 Å². The van der Waals surface area contributed by atoms with Crippen LogP contribution in [0.3, 0.4) is 0 Å². The van der Waals surface area contributed by atoms with Gasteiger partial charge in [-0.3, -0.25) is 14.5 Å². The standard InChI is InChI=1S/C21H24N2O6S/c1-6-27-16-10-14(8-9-15(16)29-13(5)24)18-17(20(26)28-7-2)11(3)22-21-23(18)19(25)12(4)30-21/h8-10,12,18H,6-7H2,1-5H3/t12-,18+/m0/s1. The number of fused-ring (bicyclic) bond motifs is 1. The third-order valence-corrected chi connectivity index (χ3v) is 5.64. The monoisotopic (exact) mass is 432 g/mol. The van der Waals surface area contributed by atoms with Crippen LogP contribution in [0.2, 0.25) is 0 Å². The van der Waals surface area contributed by atoms with Gasteiger partial charge in [-0.2, -0.15) is 0 Å². The zero-order valence-corrected chi connectivity index (χ0v) is 18.4. The highest BCUT2D eigenvalue weighted by Gasteiger charge is 2.46. The lowest BCUT2D eigenvalue weighted by Crippen LogP contribution is -2.40. The summed E-state index contributed by atoms with van der Waals surface area (Å²) < 4.78 is 16.1. The van der Waals surface area contributed by atoms with Gasteiger partial charge in [0, 0.05) is 6.92 Å². The van der Waals surface area contributed by atoms with Crippen LogP contribution in [0.25, 0.3) is 0 Å². The van der Waals surface area contributed by atoms with Crippen molar-refractivity contribution in [3.63, 3.8) is 0 Å². The SMILES string of the molecule is CCOC(=O)C1=C(C)N=C2S[C@@H](C)C(=O)N2[C@@H]1c1ccc(OC(C)=O)c(OCC)c1. The van der Waals surface area contributed by atoms with Crippen LogP contribution in [0, 0.1) is 0 Å². The Kier molecular flexibility index (Phi) is 6.50. The first-order valence-corrected chi connectivity index (χ1v) is 10.6. The number of aliphatic imine (C=N–C) groups is 1. The van der Waals surface area contributed by atoms with Gasteiger partial charge >= 0.3 is 11.9 Å². The molecule has 9 heteroatoms. The predicted octanol–water partition coefficient (Wildman–Crippen LogP) is 3.22. The highest BCUT2D eigenvalue weighted by atomic mass is 32.2. The van der Waals surface area contributed by atoms with Gasteiger partial charge in [-0.1, -0.05) is 17.8 Å². The number of thioether (sulfide) groups is 1. The summed E-state index contributed by atoms with van der Waals surface area (Å²) in [5, 5.41) is 0.234. The second-order valence-corrected chi connectivity index (χ2v) is 8.03. The summed E-state index contributed by atoms with van der Waals surface area (Å²) in [7, 11) is 0. The molecule has 2 heterocycles. The maximum Gasteiger partial charge on any atom is 0.338 e. The Labute approximate surface area is 179 Å². The largest absolute Gasteiger partial charge is 0.490 e. The minimum Gasteiger partial charge on any atom is -0.490 e. The van der Waals surface area contributed by atoms with Crippen LogP contribution in [0.1, 0.15) is 46.2 Å². The van der Waals surface area contributed by atoms with Gasteiger partial charge in [-0.15, -0.1) is 0 Å². The number of carbonyl (C=O) groups excluding carboxylic acids is 3. The molecule has 0 bridgehead atoms. The molecule has 0 unspecified atom stereocenters. The Hall–Kier alpha value is -2.81. The molecule has 3 rings (SSSR count). The molecule has 160 valence electrons. The van der Waals surface area contributed by atoms with Gasteiger partial charge in [-0.05, 0) is 45.4 Å². The number of nitrogens with zero attached hydrogens (tertiary/aromatic N) is 2. The summed E-state index contributed by atoms with van der Waals surface area (Å²) in [5.74, 6) is -0.518. The Balaban J connectivity index is 2.15. The van der Waals surface area contributed by atoms with E-state index in [1.165, 1.54) is 23.6 Å². The highest BCUT2D eigenvalue weighted by molar-refractivity contribution is 8.15. The van der Waals surface area contributed by atoms with Gasteiger partial charge in [0.05, 0.1) is 35.8 Å². The van der Waals surface area contributed by atoms with Crippen molar-refractivity contribution in [3.8, 4) is 11.5 Å². The number of esters is 2. The molecule has 2 aliphatic rings. The van der Waals surface area contributed by atoms with E-state index < -0.39 is 18.0 Å². The number of allylic oxidation sites excluding steroid dienone is 1. The molecule has 0 saturated carbocycles. The zero-order chi connectivity index (χ0) is 22.0. The molecule has 1 amide bonds. The summed E-state index contributed by atoms with van der Waals surface area (Å²) in [4.78, 5) is 43.2. The zero-order valence-electron chi connectivity index (χ0n) is 17.6. The Morgan fingerprint density at radius 2 is 1.93 bits per heavy atom. The molecule has 1 aromatic rings. The smallest absolute Gasteiger partial charge is 0.338 e. The normalized spacial score (nSPS) is 20.6. The van der Waals surface area contributed by atoms with Crippen molar-refractivity contribution in [1.29, 1.82) is 0 Å². The first-order chi connectivity index (χ1) is 14.3. The van der Waals surface area contributed by atoms with Crippen molar-refractivity contribution >= 4 is 34.8 Å². The molecule has 8 nitrogen and oxygen atoms in total. The van der Waals surface area contributed by atoms with Crippen LogP contribution in [0.4, 0.5) is 0 Å². The summed E-state index contributed by atoms with van der Waals surface area (Å²) in [6.45, 7) is 8.93. The molecule has 1 aromatic carbocycles. The Morgan fingerprint density at radius 3 is 2.57 bits per heavy atom.